The van der Waals surface area contributed by atoms with Gasteiger partial charge in [0.1, 0.15) is 6.04 Å². The number of anilines is 1. The molecule has 2 atom stereocenters. The van der Waals surface area contributed by atoms with Crippen LogP contribution in [0.1, 0.15) is 30.6 Å². The summed E-state index contributed by atoms with van der Waals surface area (Å²) in [6.07, 6.45) is 0.668. The van der Waals surface area contributed by atoms with E-state index in [0.29, 0.717) is 17.7 Å². The summed E-state index contributed by atoms with van der Waals surface area (Å²) in [6, 6.07) is 5.68. The van der Waals surface area contributed by atoms with Crippen molar-refractivity contribution < 1.29 is 14.7 Å². The van der Waals surface area contributed by atoms with Gasteiger partial charge >= 0.3 is 5.97 Å². The zero-order valence-electron chi connectivity index (χ0n) is 10.5. The molecule has 0 aliphatic carbocycles. The van der Waals surface area contributed by atoms with Gasteiger partial charge in [-0.3, -0.25) is 4.79 Å². The molecular weight excluding hydrogens is 232 g/mol. The fourth-order valence-corrected chi connectivity index (χ4v) is 1.61. The predicted molar refractivity (Wildman–Crippen MR) is 69.2 cm³/mol. The molecule has 2 unspecified atom stereocenters. The average molecular weight is 250 g/mol. The molecule has 0 fully saturated rings. The number of carboxylic acids is 1. The number of carbonyl (C=O) groups excluding carboxylic acids is 1. The van der Waals surface area contributed by atoms with Crippen LogP contribution in [0.25, 0.3) is 0 Å². The van der Waals surface area contributed by atoms with Gasteiger partial charge in [0.25, 0.3) is 5.91 Å². The molecule has 0 radical (unpaired) electrons. The highest BCUT2D eigenvalue weighted by molar-refractivity contribution is 6.00. The van der Waals surface area contributed by atoms with Gasteiger partial charge in [-0.1, -0.05) is 32.4 Å². The minimum atomic E-state index is -1.03. The monoisotopic (exact) mass is 250 g/mol. The second-order valence-corrected chi connectivity index (χ2v) is 4.26. The van der Waals surface area contributed by atoms with E-state index >= 15 is 0 Å². The first-order valence-corrected chi connectivity index (χ1v) is 5.85. The normalized spacial score (nSPS) is 13.7. The number of nitrogens with two attached hydrogens (primary N) is 1. The number of nitrogen functional groups attached to an aromatic ring is 1. The SMILES string of the molecule is CCC(C)C(NC(=O)c1ccccc1N)C(=O)O. The fourth-order valence-electron chi connectivity index (χ4n) is 1.61. The van der Waals surface area contributed by atoms with Gasteiger partial charge in [-0.05, 0) is 18.1 Å². The van der Waals surface area contributed by atoms with Crippen LogP contribution in [0.5, 0.6) is 0 Å². The molecule has 0 bridgehead atoms. The lowest BCUT2D eigenvalue weighted by Crippen LogP contribution is -2.45. The first-order valence-electron chi connectivity index (χ1n) is 5.85. The van der Waals surface area contributed by atoms with Crippen LogP contribution < -0.4 is 11.1 Å². The van der Waals surface area contributed by atoms with Crippen LogP contribution in [-0.4, -0.2) is 23.0 Å². The Hall–Kier alpha value is -2.04. The van der Waals surface area contributed by atoms with E-state index in [0.717, 1.165) is 0 Å². The molecule has 0 aliphatic heterocycles. The second-order valence-electron chi connectivity index (χ2n) is 4.26. The number of aliphatic carboxylic acids is 1. The molecule has 1 aromatic rings. The van der Waals surface area contributed by atoms with Crippen LogP contribution >= 0.6 is 0 Å². The van der Waals surface area contributed by atoms with Crippen molar-refractivity contribution >= 4 is 17.6 Å². The third kappa shape index (κ3) is 3.23. The molecule has 0 aromatic heterocycles. The molecule has 98 valence electrons. The van der Waals surface area contributed by atoms with Gasteiger partial charge in [0, 0.05) is 5.69 Å². The van der Waals surface area contributed by atoms with Crippen LogP contribution in [0.3, 0.4) is 0 Å². The molecule has 5 heteroatoms. The van der Waals surface area contributed by atoms with Crippen LogP contribution in [0.15, 0.2) is 24.3 Å². The molecule has 1 amide bonds. The maximum absolute atomic E-state index is 11.9. The molecule has 0 aliphatic rings. The second kappa shape index (κ2) is 6.05. The van der Waals surface area contributed by atoms with Crippen LogP contribution in [0.4, 0.5) is 5.69 Å². The highest BCUT2D eigenvalue weighted by Crippen LogP contribution is 2.13. The summed E-state index contributed by atoms with van der Waals surface area (Å²) in [5.74, 6) is -1.63. The minimum absolute atomic E-state index is 0.142. The van der Waals surface area contributed by atoms with E-state index in [1.54, 1.807) is 31.2 Å². The van der Waals surface area contributed by atoms with E-state index in [1.165, 1.54) is 0 Å². The summed E-state index contributed by atoms with van der Waals surface area (Å²) in [5.41, 5.74) is 6.31. The van der Waals surface area contributed by atoms with Crippen LogP contribution in [-0.2, 0) is 4.79 Å². The Bertz CT molecular complexity index is 446. The average Bonchev–Trinajstić information content (AvgIpc) is 2.35. The van der Waals surface area contributed by atoms with Gasteiger partial charge in [0.15, 0.2) is 0 Å². The number of para-hydroxylation sites is 1. The number of carbonyl (C=O) groups is 2. The number of hydrogen-bond donors (Lipinski definition) is 3. The van der Waals surface area contributed by atoms with E-state index < -0.39 is 17.9 Å². The Balaban J connectivity index is 2.86. The van der Waals surface area contributed by atoms with E-state index in [2.05, 4.69) is 5.32 Å². The minimum Gasteiger partial charge on any atom is -0.480 e. The van der Waals surface area contributed by atoms with Crippen molar-refractivity contribution in [2.75, 3.05) is 5.73 Å². The highest BCUT2D eigenvalue weighted by Gasteiger charge is 2.26. The number of hydrogen-bond acceptors (Lipinski definition) is 3. The lowest BCUT2D eigenvalue weighted by atomic mass is 9.99. The molecule has 4 N–H and O–H groups in total. The quantitative estimate of drug-likeness (QED) is 0.690. The highest BCUT2D eigenvalue weighted by atomic mass is 16.4. The molecule has 0 heterocycles. The number of benzene rings is 1. The molecule has 0 saturated carbocycles. The van der Waals surface area contributed by atoms with Crippen molar-refractivity contribution in [2.45, 2.75) is 26.3 Å². The molecule has 1 aromatic carbocycles. The van der Waals surface area contributed by atoms with Crippen molar-refractivity contribution in [1.82, 2.24) is 5.32 Å². The zero-order valence-corrected chi connectivity index (χ0v) is 10.5. The Morgan fingerprint density at radius 2 is 2.00 bits per heavy atom. The number of nitrogens with one attached hydrogen (secondary N) is 1. The van der Waals surface area contributed by atoms with Crippen molar-refractivity contribution in [3.63, 3.8) is 0 Å². The summed E-state index contributed by atoms with van der Waals surface area (Å²) in [5, 5.41) is 11.6. The topological polar surface area (TPSA) is 92.4 Å². The Labute approximate surface area is 106 Å². The number of amides is 1. The van der Waals surface area contributed by atoms with E-state index in [4.69, 9.17) is 10.8 Å². The summed E-state index contributed by atoms with van der Waals surface area (Å²) in [4.78, 5) is 23.1. The molecule has 0 saturated heterocycles. The lowest BCUT2D eigenvalue weighted by Gasteiger charge is -2.20. The van der Waals surface area contributed by atoms with Gasteiger partial charge in [-0.15, -0.1) is 0 Å². The molecule has 1 rings (SSSR count). The molecule has 0 spiro atoms. The summed E-state index contributed by atoms with van der Waals surface area (Å²) < 4.78 is 0. The van der Waals surface area contributed by atoms with Crippen molar-refractivity contribution in [2.24, 2.45) is 5.92 Å². The van der Waals surface area contributed by atoms with Crippen LogP contribution in [0.2, 0.25) is 0 Å². The Morgan fingerprint density at radius 3 is 2.50 bits per heavy atom. The van der Waals surface area contributed by atoms with Crippen LogP contribution in [0, 0.1) is 5.92 Å². The van der Waals surface area contributed by atoms with Gasteiger partial charge < -0.3 is 16.2 Å². The third-order valence-electron chi connectivity index (χ3n) is 2.97. The van der Waals surface area contributed by atoms with Gasteiger partial charge in [0.05, 0.1) is 5.56 Å². The van der Waals surface area contributed by atoms with Crippen molar-refractivity contribution in [1.29, 1.82) is 0 Å². The predicted octanol–water partition coefficient (Wildman–Crippen LogP) is 1.50. The molecule has 5 nitrogen and oxygen atoms in total. The van der Waals surface area contributed by atoms with Crippen molar-refractivity contribution in [3.05, 3.63) is 29.8 Å². The standard InChI is InChI=1S/C13H18N2O3/c1-3-8(2)11(13(17)18)15-12(16)9-6-4-5-7-10(9)14/h4-8,11H,3,14H2,1-2H3,(H,15,16)(H,17,18). The fraction of sp³-hybridized carbons (Fsp3) is 0.385. The third-order valence-corrected chi connectivity index (χ3v) is 2.97. The molecule has 18 heavy (non-hydrogen) atoms. The Morgan fingerprint density at radius 1 is 1.39 bits per heavy atom. The summed E-state index contributed by atoms with van der Waals surface area (Å²) in [7, 11) is 0. The number of carboxylic acid groups (broad SMARTS) is 1. The van der Waals surface area contributed by atoms with Gasteiger partial charge in [0.2, 0.25) is 0 Å². The smallest absolute Gasteiger partial charge is 0.326 e. The Kier molecular flexibility index (Phi) is 4.71. The first kappa shape index (κ1) is 14.0. The molecular formula is C13H18N2O3. The maximum atomic E-state index is 11.9. The summed E-state index contributed by atoms with van der Waals surface area (Å²) in [6.45, 7) is 3.66. The van der Waals surface area contributed by atoms with E-state index in [1.807, 2.05) is 6.92 Å². The van der Waals surface area contributed by atoms with E-state index in [-0.39, 0.29) is 5.92 Å². The van der Waals surface area contributed by atoms with Crippen molar-refractivity contribution in [3.8, 4) is 0 Å². The lowest BCUT2D eigenvalue weighted by molar-refractivity contribution is -0.140. The first-order chi connectivity index (χ1) is 8.47. The summed E-state index contributed by atoms with van der Waals surface area (Å²) >= 11 is 0. The largest absolute Gasteiger partial charge is 0.480 e. The van der Waals surface area contributed by atoms with E-state index in [9.17, 15) is 9.59 Å². The zero-order chi connectivity index (χ0) is 13.7. The van der Waals surface area contributed by atoms with Gasteiger partial charge in [-0.2, -0.15) is 0 Å². The van der Waals surface area contributed by atoms with Gasteiger partial charge in [-0.25, -0.2) is 4.79 Å². The number of rotatable bonds is 5. The maximum Gasteiger partial charge on any atom is 0.326 e.